The van der Waals surface area contributed by atoms with Crippen LogP contribution in [0.1, 0.15) is 90.4 Å². The van der Waals surface area contributed by atoms with Gasteiger partial charge in [-0.3, -0.25) is 9.69 Å². The second kappa shape index (κ2) is 12.2. The molecule has 162 valence electrons. The Hall–Kier alpha value is -0.580. The van der Waals surface area contributed by atoms with Crippen LogP contribution in [-0.4, -0.2) is 51.7 Å². The quantitative estimate of drug-likeness (QED) is 0.228. The molecule has 1 heterocycles. The number of unbranched alkanes of at least 4 members (excludes halogenated alkanes) is 2. The molecule has 0 aromatic heterocycles. The van der Waals surface area contributed by atoms with Crippen LogP contribution in [0, 0.1) is 5.41 Å². The van der Waals surface area contributed by atoms with Gasteiger partial charge in [0.05, 0.1) is 11.5 Å². The fourth-order valence-electron chi connectivity index (χ4n) is 4.88. The van der Waals surface area contributed by atoms with Crippen molar-refractivity contribution < 1.29 is 15.0 Å². The van der Waals surface area contributed by atoms with E-state index in [-0.39, 0.29) is 23.3 Å². The van der Waals surface area contributed by atoms with Crippen LogP contribution in [0.2, 0.25) is 0 Å². The lowest BCUT2D eigenvalue weighted by molar-refractivity contribution is -0.137. The number of allylic oxidation sites excluding steroid dienone is 1. The molecule has 0 amide bonds. The number of aliphatic carboxylic acids is 1. The van der Waals surface area contributed by atoms with Gasteiger partial charge in [0.2, 0.25) is 0 Å². The third-order valence-electron chi connectivity index (χ3n) is 6.89. The zero-order valence-corrected chi connectivity index (χ0v) is 18.4. The third kappa shape index (κ3) is 7.03. The normalized spacial score (nSPS) is 25.8. The van der Waals surface area contributed by atoms with E-state index in [1.807, 2.05) is 0 Å². The molecule has 2 aliphatic rings. The number of carboxylic acids is 1. The van der Waals surface area contributed by atoms with Crippen LogP contribution in [-0.2, 0) is 4.79 Å². The van der Waals surface area contributed by atoms with Gasteiger partial charge in [-0.1, -0.05) is 38.3 Å². The fraction of sp³-hybridized carbons (Fsp3) is 0.870. The van der Waals surface area contributed by atoms with Crippen LogP contribution >= 0.6 is 11.6 Å². The third-order valence-corrected chi connectivity index (χ3v) is 7.40. The van der Waals surface area contributed by atoms with E-state index < -0.39 is 5.97 Å². The molecule has 0 radical (unpaired) electrons. The molecule has 0 bridgehead atoms. The van der Waals surface area contributed by atoms with Crippen molar-refractivity contribution in [2.75, 3.05) is 13.1 Å². The summed E-state index contributed by atoms with van der Waals surface area (Å²) in [6, 6.07) is 0.368. The molecule has 5 heteroatoms. The number of alkyl halides is 1. The van der Waals surface area contributed by atoms with E-state index in [0.29, 0.717) is 12.5 Å². The average molecular weight is 414 g/mol. The molecule has 1 aliphatic heterocycles. The Labute approximate surface area is 176 Å². The highest BCUT2D eigenvalue weighted by molar-refractivity contribution is 6.21. The first-order chi connectivity index (χ1) is 13.5. The van der Waals surface area contributed by atoms with Crippen molar-refractivity contribution in [3.63, 3.8) is 0 Å². The predicted molar refractivity (Wildman–Crippen MR) is 116 cm³/mol. The van der Waals surface area contributed by atoms with Crippen molar-refractivity contribution in [2.24, 2.45) is 5.41 Å². The first-order valence-electron chi connectivity index (χ1n) is 11.4. The Kier molecular flexibility index (Phi) is 10.3. The topological polar surface area (TPSA) is 60.8 Å². The number of carboxylic acid groups (broad SMARTS) is 1. The first kappa shape index (κ1) is 23.7. The van der Waals surface area contributed by atoms with Crippen molar-refractivity contribution in [1.29, 1.82) is 0 Å². The van der Waals surface area contributed by atoms with Gasteiger partial charge in [0.15, 0.2) is 0 Å². The predicted octanol–water partition coefficient (Wildman–Crippen LogP) is 5.37. The molecule has 1 aliphatic carbocycles. The molecule has 1 unspecified atom stereocenters. The summed E-state index contributed by atoms with van der Waals surface area (Å²) in [6.07, 6.45) is 17.1. The largest absolute Gasteiger partial charge is 0.481 e. The minimum absolute atomic E-state index is 0.144. The Balaban J connectivity index is 1.70. The molecule has 1 saturated carbocycles. The lowest BCUT2D eigenvalue weighted by Crippen LogP contribution is -2.42. The van der Waals surface area contributed by atoms with Gasteiger partial charge in [-0.15, -0.1) is 11.6 Å². The lowest BCUT2D eigenvalue weighted by Gasteiger charge is -2.46. The molecule has 1 saturated heterocycles. The maximum absolute atomic E-state index is 10.8. The minimum Gasteiger partial charge on any atom is -0.481 e. The standard InChI is InChI=1S/C23H40ClNO3/c1-2-3-14-23(15-9-16-23)21(26)11-8-17-25-18-13-19(24)20(25)10-6-4-5-7-12-22(27)28/h4,6,19-21,26H,2-3,5,7-18H2,1H3,(H,27,28)/t19-,20+,21?/m1/s1. The van der Waals surface area contributed by atoms with E-state index >= 15 is 0 Å². The molecule has 2 N–H and O–H groups in total. The van der Waals surface area contributed by atoms with Crippen molar-refractivity contribution in [3.8, 4) is 0 Å². The summed E-state index contributed by atoms with van der Waals surface area (Å²) < 4.78 is 0. The van der Waals surface area contributed by atoms with Gasteiger partial charge in [0, 0.05) is 12.5 Å². The summed E-state index contributed by atoms with van der Waals surface area (Å²) >= 11 is 6.55. The van der Waals surface area contributed by atoms with Gasteiger partial charge < -0.3 is 10.2 Å². The first-order valence-corrected chi connectivity index (χ1v) is 11.8. The van der Waals surface area contributed by atoms with Crippen LogP contribution in [0.3, 0.4) is 0 Å². The summed E-state index contributed by atoms with van der Waals surface area (Å²) in [7, 11) is 0. The van der Waals surface area contributed by atoms with E-state index in [1.165, 1.54) is 38.5 Å². The van der Waals surface area contributed by atoms with Crippen molar-refractivity contribution in [3.05, 3.63) is 12.2 Å². The van der Waals surface area contributed by atoms with E-state index in [0.717, 1.165) is 45.2 Å². The molecular formula is C23H40ClNO3. The van der Waals surface area contributed by atoms with E-state index in [9.17, 15) is 9.90 Å². The Bertz CT molecular complexity index is 492. The van der Waals surface area contributed by atoms with Gasteiger partial charge in [-0.05, 0) is 76.3 Å². The van der Waals surface area contributed by atoms with Gasteiger partial charge >= 0.3 is 5.97 Å². The summed E-state index contributed by atoms with van der Waals surface area (Å²) in [6.45, 7) is 4.29. The molecule has 4 nitrogen and oxygen atoms in total. The summed E-state index contributed by atoms with van der Waals surface area (Å²) in [5.41, 5.74) is 0.216. The highest BCUT2D eigenvalue weighted by atomic mass is 35.5. The summed E-state index contributed by atoms with van der Waals surface area (Å²) in [5, 5.41) is 19.7. The number of rotatable bonds is 14. The SMILES string of the molecule is CCCCC1(C(O)CCCN2CC[C@@H](Cl)[C@@H]2CC=CCCCC(=O)O)CCC1. The van der Waals surface area contributed by atoms with Gasteiger partial charge in [0.25, 0.3) is 0 Å². The number of aliphatic hydroxyl groups is 1. The number of carbonyl (C=O) groups is 1. The second-order valence-corrected chi connectivity index (χ2v) is 9.44. The van der Waals surface area contributed by atoms with E-state index in [2.05, 4.69) is 24.0 Å². The minimum atomic E-state index is -0.725. The summed E-state index contributed by atoms with van der Waals surface area (Å²) in [4.78, 5) is 13.0. The molecular weight excluding hydrogens is 374 g/mol. The Morgan fingerprint density at radius 3 is 2.71 bits per heavy atom. The van der Waals surface area contributed by atoms with E-state index in [1.54, 1.807) is 0 Å². The highest BCUT2D eigenvalue weighted by Gasteiger charge is 2.42. The van der Waals surface area contributed by atoms with Crippen LogP contribution in [0.4, 0.5) is 0 Å². The lowest BCUT2D eigenvalue weighted by atomic mass is 9.61. The number of likely N-dealkylation sites (tertiary alicyclic amines) is 1. The van der Waals surface area contributed by atoms with E-state index in [4.69, 9.17) is 16.7 Å². The summed E-state index contributed by atoms with van der Waals surface area (Å²) in [5.74, 6) is -0.725. The zero-order chi connectivity index (χ0) is 20.4. The molecule has 0 aromatic rings. The zero-order valence-electron chi connectivity index (χ0n) is 17.6. The molecule has 28 heavy (non-hydrogen) atoms. The van der Waals surface area contributed by atoms with Gasteiger partial charge in [-0.2, -0.15) is 0 Å². The highest BCUT2D eigenvalue weighted by Crippen LogP contribution is 2.49. The van der Waals surface area contributed by atoms with Crippen molar-refractivity contribution in [1.82, 2.24) is 4.90 Å². The monoisotopic (exact) mass is 413 g/mol. The molecule has 0 spiro atoms. The van der Waals surface area contributed by atoms with Gasteiger partial charge in [0.1, 0.15) is 0 Å². The smallest absolute Gasteiger partial charge is 0.303 e. The molecule has 0 aromatic carbocycles. The van der Waals surface area contributed by atoms with Crippen LogP contribution < -0.4 is 0 Å². The number of aliphatic hydroxyl groups excluding tert-OH is 1. The maximum atomic E-state index is 10.8. The number of hydrogen-bond donors (Lipinski definition) is 2. The van der Waals surface area contributed by atoms with Crippen molar-refractivity contribution in [2.45, 2.75) is 108 Å². The molecule has 2 rings (SSSR count). The van der Waals surface area contributed by atoms with Crippen LogP contribution in [0.5, 0.6) is 0 Å². The number of nitrogens with zero attached hydrogens (tertiary/aromatic N) is 1. The maximum Gasteiger partial charge on any atom is 0.303 e. The Morgan fingerprint density at radius 1 is 1.29 bits per heavy atom. The second-order valence-electron chi connectivity index (χ2n) is 8.88. The number of halogens is 1. The molecule has 3 atom stereocenters. The fourth-order valence-corrected chi connectivity index (χ4v) is 5.24. The number of hydrogen-bond acceptors (Lipinski definition) is 3. The van der Waals surface area contributed by atoms with Crippen molar-refractivity contribution >= 4 is 17.6 Å². The molecule has 2 fully saturated rings. The van der Waals surface area contributed by atoms with Crippen LogP contribution in [0.25, 0.3) is 0 Å². The average Bonchev–Trinajstić information content (AvgIpc) is 2.97. The Morgan fingerprint density at radius 2 is 2.07 bits per heavy atom. The van der Waals surface area contributed by atoms with Gasteiger partial charge in [-0.25, -0.2) is 0 Å². The van der Waals surface area contributed by atoms with Crippen LogP contribution in [0.15, 0.2) is 12.2 Å².